The molecule has 5 nitrogen and oxygen atoms in total. The minimum Gasteiger partial charge on any atom is -0.497 e. The molecular weight excluding hydrogens is 326 g/mol. The van der Waals surface area contributed by atoms with Crippen LogP contribution in [-0.2, 0) is 0 Å². The van der Waals surface area contributed by atoms with Crippen molar-refractivity contribution in [2.75, 3.05) is 27.7 Å². The highest BCUT2D eigenvalue weighted by atomic mass is 16.5. The van der Waals surface area contributed by atoms with Gasteiger partial charge in [0.05, 0.1) is 38.8 Å². The number of likely N-dealkylation sites (N-methyl/N-ethyl adjacent to an activating group) is 1. The molecule has 2 N–H and O–H groups in total. The van der Waals surface area contributed by atoms with Gasteiger partial charge in [-0.1, -0.05) is 18.2 Å². The Hall–Kier alpha value is -2.92. The summed E-state index contributed by atoms with van der Waals surface area (Å²) in [6, 6.07) is 17.6. The largest absolute Gasteiger partial charge is 0.497 e. The number of rotatable bonds is 6. The molecule has 0 unspecified atom stereocenters. The van der Waals surface area contributed by atoms with E-state index in [4.69, 9.17) is 4.74 Å². The fraction of sp³-hybridized carbons (Fsp3) is 0.238. The van der Waals surface area contributed by atoms with E-state index in [1.807, 2.05) is 54.6 Å². The van der Waals surface area contributed by atoms with Gasteiger partial charge < -0.3 is 15.0 Å². The monoisotopic (exact) mass is 350 g/mol. The summed E-state index contributed by atoms with van der Waals surface area (Å²) in [6.07, 6.45) is 1.71. The van der Waals surface area contributed by atoms with Gasteiger partial charge in [-0.3, -0.25) is 9.78 Å². The Morgan fingerprint density at radius 1 is 1.12 bits per heavy atom. The van der Waals surface area contributed by atoms with E-state index >= 15 is 0 Å². The number of quaternary nitrogens is 1. The maximum atomic E-state index is 12.7. The van der Waals surface area contributed by atoms with Crippen LogP contribution in [0.15, 0.2) is 60.8 Å². The van der Waals surface area contributed by atoms with E-state index in [1.165, 1.54) is 4.90 Å². The molecule has 0 bridgehead atoms. The van der Waals surface area contributed by atoms with Gasteiger partial charge in [-0.05, 0) is 36.4 Å². The number of carbonyl (C=O) groups excluding carboxylic acids is 1. The average molecular weight is 350 g/mol. The number of aromatic nitrogens is 1. The van der Waals surface area contributed by atoms with Crippen molar-refractivity contribution in [2.24, 2.45) is 0 Å². The lowest BCUT2D eigenvalue weighted by atomic mass is 10.0. The molecule has 3 aromatic rings. The second kappa shape index (κ2) is 7.97. The SMILES string of the molecule is COc1ccc([C@H](CNC(=O)c2cccc3cccnc23)[NH+](C)C)cc1. The van der Waals surface area contributed by atoms with Gasteiger partial charge in [-0.2, -0.15) is 0 Å². The third-order valence-corrected chi connectivity index (χ3v) is 4.56. The van der Waals surface area contributed by atoms with Crippen LogP contribution in [-0.4, -0.2) is 38.6 Å². The van der Waals surface area contributed by atoms with Gasteiger partial charge in [0.15, 0.2) is 0 Å². The average Bonchev–Trinajstić information content (AvgIpc) is 2.67. The Balaban J connectivity index is 1.77. The molecule has 134 valence electrons. The molecule has 3 rings (SSSR count). The normalized spacial score (nSPS) is 12.2. The van der Waals surface area contributed by atoms with Crippen LogP contribution in [0, 0.1) is 0 Å². The fourth-order valence-electron chi connectivity index (χ4n) is 3.07. The molecule has 1 heterocycles. The van der Waals surface area contributed by atoms with E-state index in [9.17, 15) is 4.79 Å². The number of hydrogen-bond donors (Lipinski definition) is 2. The van der Waals surface area contributed by atoms with Crippen molar-refractivity contribution < 1.29 is 14.4 Å². The van der Waals surface area contributed by atoms with Crippen molar-refractivity contribution in [3.05, 3.63) is 71.9 Å². The van der Waals surface area contributed by atoms with E-state index in [-0.39, 0.29) is 11.9 Å². The highest BCUT2D eigenvalue weighted by Crippen LogP contribution is 2.17. The van der Waals surface area contributed by atoms with Gasteiger partial charge in [-0.15, -0.1) is 0 Å². The maximum Gasteiger partial charge on any atom is 0.253 e. The zero-order valence-corrected chi connectivity index (χ0v) is 15.3. The molecule has 0 radical (unpaired) electrons. The predicted octanol–water partition coefficient (Wildman–Crippen LogP) is 1.86. The van der Waals surface area contributed by atoms with Gasteiger partial charge in [-0.25, -0.2) is 0 Å². The molecule has 0 saturated carbocycles. The number of nitrogens with one attached hydrogen (secondary N) is 2. The molecule has 0 aliphatic rings. The number of pyridine rings is 1. The van der Waals surface area contributed by atoms with Gasteiger partial charge >= 0.3 is 0 Å². The Labute approximate surface area is 153 Å². The van der Waals surface area contributed by atoms with E-state index in [0.29, 0.717) is 12.1 Å². The van der Waals surface area contributed by atoms with Crippen LogP contribution in [0.2, 0.25) is 0 Å². The molecule has 0 spiro atoms. The first-order valence-corrected chi connectivity index (χ1v) is 8.66. The zero-order valence-electron chi connectivity index (χ0n) is 15.3. The van der Waals surface area contributed by atoms with E-state index in [0.717, 1.165) is 22.2 Å². The van der Waals surface area contributed by atoms with E-state index < -0.39 is 0 Å². The lowest BCUT2D eigenvalue weighted by Crippen LogP contribution is -3.07. The number of fused-ring (bicyclic) bond motifs is 1. The number of methoxy groups -OCH3 is 1. The summed E-state index contributed by atoms with van der Waals surface area (Å²) >= 11 is 0. The molecule has 1 atom stereocenters. The van der Waals surface area contributed by atoms with Crippen molar-refractivity contribution >= 4 is 16.8 Å². The smallest absolute Gasteiger partial charge is 0.253 e. The molecule has 5 heteroatoms. The highest BCUT2D eigenvalue weighted by Gasteiger charge is 2.20. The number of nitrogens with zero attached hydrogens (tertiary/aromatic N) is 1. The number of para-hydroxylation sites is 1. The van der Waals surface area contributed by atoms with Gasteiger partial charge in [0.2, 0.25) is 0 Å². The van der Waals surface area contributed by atoms with Crippen molar-refractivity contribution in [2.45, 2.75) is 6.04 Å². The van der Waals surface area contributed by atoms with Crippen molar-refractivity contribution in [1.29, 1.82) is 0 Å². The molecule has 0 saturated heterocycles. The molecule has 2 aromatic carbocycles. The summed E-state index contributed by atoms with van der Waals surface area (Å²) in [5.41, 5.74) is 2.48. The number of benzene rings is 2. The summed E-state index contributed by atoms with van der Waals surface area (Å²) in [5, 5.41) is 4.03. The fourth-order valence-corrected chi connectivity index (χ4v) is 3.07. The number of ether oxygens (including phenoxy) is 1. The lowest BCUT2D eigenvalue weighted by molar-refractivity contribution is -0.890. The van der Waals surface area contributed by atoms with E-state index in [2.05, 4.69) is 24.4 Å². The predicted molar refractivity (Wildman–Crippen MR) is 103 cm³/mol. The molecular formula is C21H24N3O2+. The summed E-state index contributed by atoms with van der Waals surface area (Å²) in [4.78, 5) is 18.3. The third-order valence-electron chi connectivity index (χ3n) is 4.56. The van der Waals surface area contributed by atoms with Crippen molar-refractivity contribution in [1.82, 2.24) is 10.3 Å². The number of carbonyl (C=O) groups is 1. The number of amides is 1. The first-order chi connectivity index (χ1) is 12.6. The Morgan fingerprint density at radius 3 is 2.54 bits per heavy atom. The summed E-state index contributed by atoms with van der Waals surface area (Å²) < 4.78 is 5.22. The molecule has 0 aliphatic heterocycles. The van der Waals surface area contributed by atoms with Crippen LogP contribution in [0.5, 0.6) is 5.75 Å². The Morgan fingerprint density at radius 2 is 1.85 bits per heavy atom. The molecule has 1 aromatic heterocycles. The van der Waals surface area contributed by atoms with Gasteiger partial charge in [0.1, 0.15) is 11.8 Å². The first kappa shape index (κ1) is 17.9. The lowest BCUT2D eigenvalue weighted by Gasteiger charge is -2.22. The zero-order chi connectivity index (χ0) is 18.5. The summed E-state index contributed by atoms with van der Waals surface area (Å²) in [6.45, 7) is 0.538. The molecule has 0 aliphatic carbocycles. The molecule has 26 heavy (non-hydrogen) atoms. The number of hydrogen-bond acceptors (Lipinski definition) is 3. The second-order valence-electron chi connectivity index (χ2n) is 6.49. The molecule has 0 fully saturated rings. The third kappa shape index (κ3) is 3.83. The maximum absolute atomic E-state index is 12.7. The Bertz CT molecular complexity index is 886. The van der Waals surface area contributed by atoms with Crippen LogP contribution >= 0.6 is 0 Å². The van der Waals surface area contributed by atoms with Crippen LogP contribution in [0.4, 0.5) is 0 Å². The topological polar surface area (TPSA) is 55.7 Å². The van der Waals surface area contributed by atoms with Gasteiger partial charge in [0.25, 0.3) is 5.91 Å². The highest BCUT2D eigenvalue weighted by molar-refractivity contribution is 6.05. The second-order valence-corrected chi connectivity index (χ2v) is 6.49. The minimum absolute atomic E-state index is 0.103. The van der Waals surface area contributed by atoms with Crippen molar-refractivity contribution in [3.8, 4) is 5.75 Å². The first-order valence-electron chi connectivity index (χ1n) is 8.66. The minimum atomic E-state index is -0.103. The quantitative estimate of drug-likeness (QED) is 0.713. The van der Waals surface area contributed by atoms with Crippen LogP contribution < -0.4 is 15.0 Å². The summed E-state index contributed by atoms with van der Waals surface area (Å²) in [7, 11) is 5.82. The van der Waals surface area contributed by atoms with Gasteiger partial charge in [0, 0.05) is 17.1 Å². The molecule has 1 amide bonds. The van der Waals surface area contributed by atoms with Crippen LogP contribution in [0.1, 0.15) is 22.0 Å². The van der Waals surface area contributed by atoms with E-state index in [1.54, 1.807) is 13.3 Å². The van der Waals surface area contributed by atoms with Crippen LogP contribution in [0.25, 0.3) is 10.9 Å². The van der Waals surface area contributed by atoms with Crippen LogP contribution in [0.3, 0.4) is 0 Å². The van der Waals surface area contributed by atoms with Crippen molar-refractivity contribution in [3.63, 3.8) is 0 Å². The standard InChI is InChI=1S/C21H23N3O2/c1-24(2)19(15-9-11-17(26-3)12-10-15)14-23-21(25)18-8-4-6-16-7-5-13-22-20(16)18/h4-13,19H,14H2,1-3H3,(H,23,25)/p+1/t19-/m0/s1. The summed E-state index contributed by atoms with van der Waals surface area (Å²) in [5.74, 6) is 0.723. The Kier molecular flexibility index (Phi) is 5.49.